The first-order valence-electron chi connectivity index (χ1n) is 16.7. The van der Waals surface area contributed by atoms with Crippen LogP contribution in [0.15, 0.2) is 104 Å². The zero-order chi connectivity index (χ0) is 35.9. The van der Waals surface area contributed by atoms with Gasteiger partial charge in [0.1, 0.15) is 12.6 Å². The molecule has 0 aliphatic carbocycles. The van der Waals surface area contributed by atoms with Crippen LogP contribution in [-0.4, -0.2) is 69.3 Å². The number of nitrogens with zero attached hydrogens (tertiary/aromatic N) is 3. The molecule has 4 amide bonds. The van der Waals surface area contributed by atoms with E-state index in [2.05, 4.69) is 25.9 Å². The van der Waals surface area contributed by atoms with Gasteiger partial charge in [-0.1, -0.05) is 80.6 Å². The molecule has 0 spiro atoms. The lowest BCUT2D eigenvalue weighted by Crippen LogP contribution is -2.57. The van der Waals surface area contributed by atoms with Crippen LogP contribution in [0.2, 0.25) is 0 Å². The number of anilines is 1. The predicted molar refractivity (Wildman–Crippen MR) is 191 cm³/mol. The van der Waals surface area contributed by atoms with Crippen molar-refractivity contribution < 1.29 is 24.2 Å². The fourth-order valence-electron chi connectivity index (χ4n) is 5.43. The Kier molecular flexibility index (Phi) is 14.1. The highest BCUT2D eigenvalue weighted by Crippen LogP contribution is 2.16. The predicted octanol–water partition coefficient (Wildman–Crippen LogP) is 4.24. The number of ether oxygens (including phenoxy) is 1. The van der Waals surface area contributed by atoms with Crippen LogP contribution in [0.4, 0.5) is 15.3 Å². The van der Waals surface area contributed by atoms with E-state index < -0.39 is 42.3 Å². The van der Waals surface area contributed by atoms with Crippen LogP contribution >= 0.6 is 0 Å². The van der Waals surface area contributed by atoms with Gasteiger partial charge >= 0.3 is 12.1 Å². The van der Waals surface area contributed by atoms with E-state index in [0.29, 0.717) is 24.2 Å². The summed E-state index contributed by atoms with van der Waals surface area (Å²) in [6, 6.07) is 23.5. The molecular formula is C38H47N7O5. The highest BCUT2D eigenvalue weighted by molar-refractivity contribution is 5.87. The number of aromatic nitrogens is 2. The number of hydrogen-bond donors (Lipinski definition) is 5. The summed E-state index contributed by atoms with van der Waals surface area (Å²) in [4.78, 5) is 49.7. The van der Waals surface area contributed by atoms with Gasteiger partial charge in [0.05, 0.1) is 36.3 Å². The standard InChI is InChI=1S/C38H47N7O5/c1-26(2)35(44-37(48)45(3)24-31-17-16-30(39)23-41-31)36(47)43-33(20-28-13-8-5-9-14-28)34(46)21-32(19-27-11-6-4-7-12-27)42-38(49)50-25-29-15-10-18-40-22-29/h4-18,22-23,26,32-35,46H,19-21,24-25,39H2,1-3H3,(H,42,49)(H,43,47)(H,44,48)/t32-,33-,34-,35-/m0/s1. The molecule has 4 rings (SSSR count). The van der Waals surface area contributed by atoms with Gasteiger partial charge in [0.15, 0.2) is 0 Å². The minimum absolute atomic E-state index is 0.0426. The van der Waals surface area contributed by atoms with E-state index in [4.69, 9.17) is 10.5 Å². The number of aliphatic hydroxyl groups excluding tert-OH is 1. The number of nitrogens with one attached hydrogen (secondary N) is 3. The lowest BCUT2D eigenvalue weighted by Gasteiger charge is -2.31. The van der Waals surface area contributed by atoms with Gasteiger partial charge in [0.2, 0.25) is 5.91 Å². The fourth-order valence-corrected chi connectivity index (χ4v) is 5.43. The molecule has 0 aliphatic rings. The minimum Gasteiger partial charge on any atom is -0.445 e. The number of urea groups is 1. The zero-order valence-electron chi connectivity index (χ0n) is 28.7. The van der Waals surface area contributed by atoms with Gasteiger partial charge in [-0.25, -0.2) is 9.59 Å². The maximum Gasteiger partial charge on any atom is 0.407 e. The Morgan fingerprint density at radius 2 is 1.50 bits per heavy atom. The average molecular weight is 682 g/mol. The number of nitrogens with two attached hydrogens (primary N) is 1. The maximum atomic E-state index is 13.8. The molecule has 0 unspecified atom stereocenters. The lowest BCUT2D eigenvalue weighted by molar-refractivity contribution is -0.125. The molecule has 2 aromatic carbocycles. The van der Waals surface area contributed by atoms with Crippen molar-refractivity contribution in [1.29, 1.82) is 0 Å². The number of amides is 4. The molecule has 6 N–H and O–H groups in total. The van der Waals surface area contributed by atoms with Gasteiger partial charge in [-0.3, -0.25) is 14.8 Å². The summed E-state index contributed by atoms with van der Waals surface area (Å²) in [6.45, 7) is 3.94. The summed E-state index contributed by atoms with van der Waals surface area (Å²) >= 11 is 0. The molecule has 0 fully saturated rings. The third-order valence-corrected chi connectivity index (χ3v) is 8.18. The summed E-state index contributed by atoms with van der Waals surface area (Å²) in [7, 11) is 1.62. The van der Waals surface area contributed by atoms with E-state index in [1.54, 1.807) is 37.6 Å². The summed E-state index contributed by atoms with van der Waals surface area (Å²) < 4.78 is 5.46. The van der Waals surface area contributed by atoms with Gasteiger partial charge in [-0.2, -0.15) is 0 Å². The largest absolute Gasteiger partial charge is 0.445 e. The van der Waals surface area contributed by atoms with Crippen LogP contribution in [0.25, 0.3) is 0 Å². The molecule has 2 heterocycles. The maximum absolute atomic E-state index is 13.8. The number of pyridine rings is 2. The Bertz CT molecular complexity index is 1630. The van der Waals surface area contributed by atoms with Crippen LogP contribution in [0, 0.1) is 5.92 Å². The van der Waals surface area contributed by atoms with Crippen molar-refractivity contribution in [3.63, 3.8) is 0 Å². The number of rotatable bonds is 16. The summed E-state index contributed by atoms with van der Waals surface area (Å²) in [5.74, 6) is -0.700. The third-order valence-electron chi connectivity index (χ3n) is 8.18. The number of aliphatic hydroxyl groups is 1. The number of carbonyl (C=O) groups is 3. The first-order valence-corrected chi connectivity index (χ1v) is 16.7. The molecule has 2 aromatic heterocycles. The molecule has 4 aromatic rings. The van der Waals surface area contributed by atoms with Gasteiger partial charge < -0.3 is 36.4 Å². The SMILES string of the molecule is CC(C)[C@H](NC(=O)N(C)Cc1ccc(N)cn1)C(=O)N[C@@H](Cc1ccccc1)[C@@H](O)C[C@H](Cc1ccccc1)NC(=O)OCc1cccnc1. The Hall–Kier alpha value is -5.49. The molecule has 0 saturated heterocycles. The van der Waals surface area contributed by atoms with Crippen molar-refractivity contribution in [2.75, 3.05) is 12.8 Å². The first-order chi connectivity index (χ1) is 24.1. The van der Waals surface area contributed by atoms with E-state index in [1.165, 1.54) is 11.1 Å². The second kappa shape index (κ2) is 18.9. The second-order valence-electron chi connectivity index (χ2n) is 12.7. The van der Waals surface area contributed by atoms with E-state index in [0.717, 1.165) is 16.7 Å². The average Bonchev–Trinajstić information content (AvgIpc) is 3.11. The minimum atomic E-state index is -1.07. The van der Waals surface area contributed by atoms with Crippen LogP contribution < -0.4 is 21.7 Å². The van der Waals surface area contributed by atoms with Crippen molar-refractivity contribution in [3.05, 3.63) is 126 Å². The molecule has 0 bridgehead atoms. The highest BCUT2D eigenvalue weighted by atomic mass is 16.5. The third kappa shape index (κ3) is 12.2. The van der Waals surface area contributed by atoms with Crippen molar-refractivity contribution in [2.24, 2.45) is 5.92 Å². The topological polar surface area (TPSA) is 172 Å². The normalized spacial score (nSPS) is 13.4. The van der Waals surface area contributed by atoms with Crippen molar-refractivity contribution in [3.8, 4) is 0 Å². The number of carbonyl (C=O) groups excluding carboxylic acids is 3. The number of alkyl carbamates (subject to hydrolysis) is 1. The van der Waals surface area contributed by atoms with Crippen LogP contribution in [0.1, 0.15) is 42.7 Å². The number of benzene rings is 2. The molecule has 4 atom stereocenters. The van der Waals surface area contributed by atoms with E-state index in [-0.39, 0.29) is 25.5 Å². The summed E-state index contributed by atoms with van der Waals surface area (Å²) in [6.07, 6.45) is 3.93. The molecule has 0 aliphatic heterocycles. The van der Waals surface area contributed by atoms with Crippen molar-refractivity contribution >= 4 is 23.7 Å². The van der Waals surface area contributed by atoms with Gasteiger partial charge in [0, 0.05) is 31.0 Å². The number of hydrogen-bond acceptors (Lipinski definition) is 8. The fraction of sp³-hybridized carbons (Fsp3) is 0.342. The van der Waals surface area contributed by atoms with E-state index in [1.807, 2.05) is 80.6 Å². The quantitative estimate of drug-likeness (QED) is 0.117. The highest BCUT2D eigenvalue weighted by Gasteiger charge is 2.31. The molecule has 0 saturated carbocycles. The monoisotopic (exact) mass is 681 g/mol. The first kappa shape index (κ1) is 37.3. The van der Waals surface area contributed by atoms with Crippen LogP contribution in [0.5, 0.6) is 0 Å². The van der Waals surface area contributed by atoms with Crippen molar-refractivity contribution in [2.45, 2.75) is 70.5 Å². The summed E-state index contributed by atoms with van der Waals surface area (Å²) in [5.41, 5.74) is 9.50. The molecule has 12 heteroatoms. The number of nitrogen functional groups attached to an aromatic ring is 1. The zero-order valence-corrected chi connectivity index (χ0v) is 28.7. The van der Waals surface area contributed by atoms with Crippen LogP contribution in [0.3, 0.4) is 0 Å². The Balaban J connectivity index is 1.47. The molecule has 50 heavy (non-hydrogen) atoms. The van der Waals surface area contributed by atoms with Gasteiger partial charge in [-0.05, 0) is 54.5 Å². The molecular weight excluding hydrogens is 634 g/mol. The Morgan fingerprint density at radius 3 is 2.10 bits per heavy atom. The molecule has 264 valence electrons. The molecule has 0 radical (unpaired) electrons. The molecule has 12 nitrogen and oxygen atoms in total. The van der Waals surface area contributed by atoms with Crippen molar-refractivity contribution in [1.82, 2.24) is 30.8 Å². The summed E-state index contributed by atoms with van der Waals surface area (Å²) in [5, 5.41) is 20.5. The van der Waals surface area contributed by atoms with Gasteiger partial charge in [-0.15, -0.1) is 0 Å². The van der Waals surface area contributed by atoms with Crippen LogP contribution in [-0.2, 0) is 35.5 Å². The Morgan fingerprint density at radius 1 is 0.840 bits per heavy atom. The van der Waals surface area contributed by atoms with E-state index in [9.17, 15) is 19.5 Å². The Labute approximate surface area is 293 Å². The second-order valence-corrected chi connectivity index (χ2v) is 12.7. The van der Waals surface area contributed by atoms with Gasteiger partial charge in [0.25, 0.3) is 0 Å². The smallest absolute Gasteiger partial charge is 0.407 e. The van der Waals surface area contributed by atoms with E-state index >= 15 is 0 Å². The lowest BCUT2D eigenvalue weighted by atomic mass is 9.93.